The Morgan fingerprint density at radius 3 is 2.46 bits per heavy atom. The van der Waals surface area contributed by atoms with E-state index >= 15 is 0 Å². The van der Waals surface area contributed by atoms with Crippen LogP contribution in [0.3, 0.4) is 0 Å². The molecule has 1 aromatic heterocycles. The number of aromatic nitrogens is 1. The van der Waals surface area contributed by atoms with Crippen molar-refractivity contribution >= 4 is 51.9 Å². The monoisotopic (exact) mass is 502 g/mol. The molecule has 1 amide bonds. The molecule has 35 heavy (non-hydrogen) atoms. The lowest BCUT2D eigenvalue weighted by Gasteiger charge is -2.06. The first-order valence-corrected chi connectivity index (χ1v) is 11.3. The van der Waals surface area contributed by atoms with Crippen molar-refractivity contribution < 1.29 is 9.72 Å². The molecule has 1 heterocycles. The average Bonchev–Trinajstić information content (AvgIpc) is 3.17. The summed E-state index contributed by atoms with van der Waals surface area (Å²) in [6.45, 7) is 0. The Morgan fingerprint density at radius 2 is 1.80 bits per heavy atom. The lowest BCUT2D eigenvalue weighted by molar-refractivity contribution is -0.384. The van der Waals surface area contributed by atoms with Crippen molar-refractivity contribution in [2.24, 2.45) is 0 Å². The van der Waals surface area contributed by atoms with Gasteiger partial charge in [-0.15, -0.1) is 11.3 Å². The molecule has 0 spiro atoms. The number of para-hydroxylation sites is 1. The molecule has 0 saturated carbocycles. The van der Waals surface area contributed by atoms with Crippen LogP contribution in [0.25, 0.3) is 17.3 Å². The minimum absolute atomic E-state index is 0.120. The largest absolute Gasteiger partial charge is 0.321 e. The van der Waals surface area contributed by atoms with Gasteiger partial charge in [-0.3, -0.25) is 24.3 Å². The lowest BCUT2D eigenvalue weighted by Crippen LogP contribution is -2.32. The van der Waals surface area contributed by atoms with Gasteiger partial charge in [0.15, 0.2) is 5.57 Å². The van der Waals surface area contributed by atoms with Gasteiger partial charge in [-0.2, -0.15) is 5.26 Å². The molecule has 0 saturated heterocycles. The topological polar surface area (TPSA) is 118 Å². The first-order valence-electron chi connectivity index (χ1n) is 10.1. The quantitative estimate of drug-likeness (QED) is 0.330. The third-order valence-electron chi connectivity index (χ3n) is 4.87. The number of nitrogens with one attached hydrogen (secondary N) is 1. The first kappa shape index (κ1) is 23.6. The van der Waals surface area contributed by atoms with Gasteiger partial charge >= 0.3 is 0 Å². The highest BCUT2D eigenvalue weighted by atomic mass is 35.5. The number of thiazole rings is 1. The summed E-state index contributed by atoms with van der Waals surface area (Å²) < 4.78 is 1.62. The summed E-state index contributed by atoms with van der Waals surface area (Å²) in [5.41, 5.74) is 0.494. The van der Waals surface area contributed by atoms with Gasteiger partial charge in [0.05, 0.1) is 15.1 Å². The predicted molar refractivity (Wildman–Crippen MR) is 135 cm³/mol. The maximum Gasteiger partial charge on any atom is 0.273 e. The number of anilines is 1. The molecule has 0 fully saturated rings. The Kier molecular flexibility index (Phi) is 6.87. The summed E-state index contributed by atoms with van der Waals surface area (Å²) in [6.07, 6.45) is 1.50. The molecule has 0 atom stereocenters. The number of carbonyl (C=O) groups is 1. The second kappa shape index (κ2) is 10.2. The normalized spacial score (nSPS) is 12.1. The Morgan fingerprint density at radius 1 is 1.09 bits per heavy atom. The van der Waals surface area contributed by atoms with E-state index < -0.39 is 16.4 Å². The highest BCUT2D eigenvalue weighted by Gasteiger charge is 2.17. The van der Waals surface area contributed by atoms with Gasteiger partial charge in [-0.1, -0.05) is 41.9 Å². The number of nitro benzene ring substituents is 1. The van der Waals surface area contributed by atoms with Gasteiger partial charge in [0.1, 0.15) is 10.7 Å². The maximum atomic E-state index is 13.4. The van der Waals surface area contributed by atoms with Gasteiger partial charge in [-0.25, -0.2) is 0 Å². The molecule has 0 aliphatic heterocycles. The minimum Gasteiger partial charge on any atom is -0.321 e. The van der Waals surface area contributed by atoms with E-state index in [1.165, 1.54) is 28.8 Å². The number of nitriles is 1. The molecule has 8 nitrogen and oxygen atoms in total. The Hall–Kier alpha value is -4.52. The second-order valence-electron chi connectivity index (χ2n) is 7.19. The van der Waals surface area contributed by atoms with Gasteiger partial charge < -0.3 is 5.32 Å². The highest BCUT2D eigenvalue weighted by molar-refractivity contribution is 7.07. The third kappa shape index (κ3) is 5.19. The second-order valence-corrected chi connectivity index (χ2v) is 8.66. The Labute approximate surface area is 207 Å². The van der Waals surface area contributed by atoms with Crippen LogP contribution in [0.4, 0.5) is 11.4 Å². The van der Waals surface area contributed by atoms with E-state index in [0.717, 1.165) is 11.3 Å². The molecule has 0 aliphatic rings. The third-order valence-corrected chi connectivity index (χ3v) is 6.22. The van der Waals surface area contributed by atoms with Crippen molar-refractivity contribution in [3.63, 3.8) is 0 Å². The van der Waals surface area contributed by atoms with E-state index in [9.17, 15) is 25.0 Å². The fourth-order valence-corrected chi connectivity index (χ4v) is 4.49. The Bertz CT molecular complexity index is 1650. The van der Waals surface area contributed by atoms with Gasteiger partial charge in [0.25, 0.3) is 17.2 Å². The van der Waals surface area contributed by atoms with E-state index in [-0.39, 0.29) is 20.5 Å². The van der Waals surface area contributed by atoms with Crippen LogP contribution in [0.15, 0.2) is 83.7 Å². The maximum absolute atomic E-state index is 13.4. The molecule has 0 radical (unpaired) electrons. The first-order chi connectivity index (χ1) is 16.9. The van der Waals surface area contributed by atoms with Crippen molar-refractivity contribution in [1.82, 2.24) is 4.57 Å². The number of benzene rings is 3. The number of carbonyl (C=O) groups excluding carboxylic acids is 1. The summed E-state index contributed by atoms with van der Waals surface area (Å²) in [5, 5.41) is 24.1. The standard InChI is InChI=1S/C25H15ClN4O4S/c26-17-9-11-18(12-10-17)28-23(31)21(15-27)25-29(19-6-2-1-3-7-19)24(32)22(35-25)14-16-5-4-8-20(13-16)30(33)34/h1-14H,(H,28,31)/b22-14+,25-21-. The van der Waals surface area contributed by atoms with Crippen molar-refractivity contribution in [3.05, 3.63) is 119 Å². The number of amides is 1. The van der Waals surface area contributed by atoms with Crippen molar-refractivity contribution in [1.29, 1.82) is 5.26 Å². The highest BCUT2D eigenvalue weighted by Crippen LogP contribution is 2.15. The van der Waals surface area contributed by atoms with Crippen molar-refractivity contribution in [2.75, 3.05) is 5.32 Å². The van der Waals surface area contributed by atoms with Gasteiger partial charge in [-0.05, 0) is 48.0 Å². The smallest absolute Gasteiger partial charge is 0.273 e. The summed E-state index contributed by atoms with van der Waals surface area (Å²) in [5.74, 6) is -0.692. The molecule has 4 rings (SSSR count). The zero-order valence-electron chi connectivity index (χ0n) is 17.8. The Balaban J connectivity index is 1.94. The molecule has 4 aromatic rings. The molecule has 10 heteroatoms. The van der Waals surface area contributed by atoms with Gasteiger partial charge in [0, 0.05) is 22.8 Å². The molecular formula is C25H15ClN4O4S. The van der Waals surface area contributed by atoms with Crippen LogP contribution in [-0.4, -0.2) is 15.4 Å². The molecule has 1 N–H and O–H groups in total. The van der Waals surface area contributed by atoms with Crippen LogP contribution in [0.5, 0.6) is 0 Å². The fraction of sp³-hybridized carbons (Fsp3) is 0. The van der Waals surface area contributed by atoms with E-state index in [0.29, 0.717) is 22.0 Å². The number of hydrogen-bond acceptors (Lipinski definition) is 6. The van der Waals surface area contributed by atoms with Crippen LogP contribution in [-0.2, 0) is 4.79 Å². The molecule has 3 aromatic carbocycles. The molecule has 0 unspecified atom stereocenters. The summed E-state index contributed by atoms with van der Waals surface area (Å²) in [4.78, 5) is 37.0. The zero-order valence-corrected chi connectivity index (χ0v) is 19.4. The summed E-state index contributed by atoms with van der Waals surface area (Å²) >= 11 is 6.84. The molecule has 0 bridgehead atoms. The number of nitro groups is 1. The lowest BCUT2D eigenvalue weighted by atomic mass is 10.2. The summed E-state index contributed by atoms with van der Waals surface area (Å²) in [6, 6.07) is 22.7. The summed E-state index contributed by atoms with van der Waals surface area (Å²) in [7, 11) is 0. The zero-order chi connectivity index (χ0) is 24.9. The number of halogens is 1. The van der Waals surface area contributed by atoms with E-state index in [4.69, 9.17) is 11.6 Å². The predicted octanol–water partition coefficient (Wildman–Crippen LogP) is 3.60. The number of non-ortho nitro benzene ring substituents is 1. The van der Waals surface area contributed by atoms with E-state index in [1.54, 1.807) is 60.7 Å². The van der Waals surface area contributed by atoms with Crippen LogP contribution >= 0.6 is 22.9 Å². The molecule has 172 valence electrons. The van der Waals surface area contributed by atoms with Crippen molar-refractivity contribution in [3.8, 4) is 11.8 Å². The number of rotatable bonds is 5. The van der Waals surface area contributed by atoms with Gasteiger partial charge in [0.2, 0.25) is 0 Å². The number of nitrogens with zero attached hydrogens (tertiary/aromatic N) is 3. The molecule has 0 aliphatic carbocycles. The van der Waals surface area contributed by atoms with E-state index in [1.807, 2.05) is 6.07 Å². The van der Waals surface area contributed by atoms with Crippen molar-refractivity contribution in [2.45, 2.75) is 0 Å². The van der Waals surface area contributed by atoms with Crippen LogP contribution in [0.2, 0.25) is 5.02 Å². The van der Waals surface area contributed by atoms with E-state index in [2.05, 4.69) is 5.32 Å². The van der Waals surface area contributed by atoms with Crippen LogP contribution < -0.4 is 20.1 Å². The molecular weight excluding hydrogens is 488 g/mol. The number of hydrogen-bond donors (Lipinski definition) is 1. The van der Waals surface area contributed by atoms with Crippen LogP contribution in [0, 0.1) is 21.4 Å². The fourth-order valence-electron chi connectivity index (χ4n) is 3.26. The minimum atomic E-state index is -0.692. The SMILES string of the molecule is N#C/C(C(=O)Nc1ccc(Cl)cc1)=c1/s/c(=C/c2cccc([N+](=O)[O-])c2)c(=O)n1-c1ccccc1. The average molecular weight is 503 g/mol. The van der Waals surface area contributed by atoms with Crippen LogP contribution in [0.1, 0.15) is 5.56 Å².